The highest BCUT2D eigenvalue weighted by Crippen LogP contribution is 2.31. The van der Waals surface area contributed by atoms with E-state index in [1.165, 1.54) is 0 Å². The molecule has 0 atom stereocenters. The van der Waals surface area contributed by atoms with Crippen LogP contribution in [0.2, 0.25) is 0 Å². The second kappa shape index (κ2) is 14.4. The SMILES string of the molecule is Cc1c(NS(C)(=O)=O)cccc1N(Cc1ccc(C#N)cc1)Cc1ccc(Oc2cccc(OCCc3cccnc3)c2)cc1. The highest BCUT2D eigenvalue weighted by atomic mass is 32.2. The van der Waals surface area contributed by atoms with Crippen LogP contribution in [0, 0.1) is 18.3 Å². The van der Waals surface area contributed by atoms with E-state index < -0.39 is 10.0 Å². The smallest absolute Gasteiger partial charge is 0.229 e. The fraction of sp³-hybridized carbons (Fsp3) is 0.167. The van der Waals surface area contributed by atoms with Gasteiger partial charge in [0.05, 0.1) is 30.2 Å². The number of pyridine rings is 1. The monoisotopic (exact) mass is 618 g/mol. The standard InChI is InChI=1S/C36H34N4O4S/c1-27-35(39-45(2,41)42)9-4-10-36(27)40(25-30-13-11-28(23-37)12-14-30)26-31-15-17-32(18-16-31)44-34-8-3-7-33(22-34)43-21-19-29-6-5-20-38-24-29/h3-18,20,22,24,39H,19,21,25-26H2,1-2H3. The number of aromatic nitrogens is 1. The summed E-state index contributed by atoms with van der Waals surface area (Å²) in [5.74, 6) is 2.10. The maximum atomic E-state index is 12.0. The lowest BCUT2D eigenvalue weighted by Gasteiger charge is -2.28. The third-order valence-electron chi connectivity index (χ3n) is 7.12. The second-order valence-corrected chi connectivity index (χ2v) is 12.4. The molecule has 0 aliphatic carbocycles. The van der Waals surface area contributed by atoms with Gasteiger partial charge in [-0.2, -0.15) is 5.26 Å². The van der Waals surface area contributed by atoms with Gasteiger partial charge in [-0.25, -0.2) is 8.42 Å². The van der Waals surface area contributed by atoms with Gasteiger partial charge in [0, 0.05) is 43.7 Å². The highest BCUT2D eigenvalue weighted by molar-refractivity contribution is 7.92. The van der Waals surface area contributed by atoms with Gasteiger partial charge in [0.1, 0.15) is 17.2 Å². The summed E-state index contributed by atoms with van der Waals surface area (Å²) in [7, 11) is -3.44. The van der Waals surface area contributed by atoms with E-state index in [-0.39, 0.29) is 0 Å². The molecule has 0 spiro atoms. The lowest BCUT2D eigenvalue weighted by atomic mass is 10.1. The van der Waals surface area contributed by atoms with Crippen LogP contribution in [0.4, 0.5) is 11.4 Å². The van der Waals surface area contributed by atoms with Gasteiger partial charge in [0.2, 0.25) is 10.0 Å². The first kappa shape index (κ1) is 31.1. The summed E-state index contributed by atoms with van der Waals surface area (Å²) >= 11 is 0. The minimum atomic E-state index is -3.44. The van der Waals surface area contributed by atoms with Crippen LogP contribution in [-0.2, 0) is 29.5 Å². The lowest BCUT2D eigenvalue weighted by Crippen LogP contribution is -2.23. The van der Waals surface area contributed by atoms with Crippen LogP contribution in [0.15, 0.2) is 116 Å². The van der Waals surface area contributed by atoms with E-state index >= 15 is 0 Å². The van der Waals surface area contributed by atoms with Crippen molar-refractivity contribution in [2.75, 3.05) is 22.5 Å². The molecule has 0 radical (unpaired) electrons. The Labute approximate surface area is 264 Å². The van der Waals surface area contributed by atoms with Crippen molar-refractivity contribution in [3.63, 3.8) is 0 Å². The molecular formula is C36H34N4O4S. The van der Waals surface area contributed by atoms with Gasteiger partial charge in [-0.15, -0.1) is 0 Å². The number of benzene rings is 4. The van der Waals surface area contributed by atoms with Crippen molar-refractivity contribution in [1.29, 1.82) is 5.26 Å². The van der Waals surface area contributed by atoms with E-state index in [1.807, 2.05) is 98.0 Å². The van der Waals surface area contributed by atoms with Crippen LogP contribution in [0.3, 0.4) is 0 Å². The number of anilines is 2. The van der Waals surface area contributed by atoms with E-state index in [2.05, 4.69) is 20.7 Å². The van der Waals surface area contributed by atoms with Crippen LogP contribution in [-0.4, -0.2) is 26.3 Å². The molecule has 5 rings (SSSR count). The molecule has 0 aliphatic heterocycles. The molecule has 228 valence electrons. The molecule has 0 saturated carbocycles. The number of nitrogens with one attached hydrogen (secondary N) is 1. The quantitative estimate of drug-likeness (QED) is 0.148. The van der Waals surface area contributed by atoms with Crippen molar-refractivity contribution < 1.29 is 17.9 Å². The van der Waals surface area contributed by atoms with Crippen LogP contribution in [0.1, 0.15) is 27.8 Å². The van der Waals surface area contributed by atoms with Crippen molar-refractivity contribution in [2.24, 2.45) is 0 Å². The maximum Gasteiger partial charge on any atom is 0.229 e. The summed E-state index contributed by atoms with van der Waals surface area (Å²) in [5, 5.41) is 9.21. The van der Waals surface area contributed by atoms with Crippen molar-refractivity contribution in [3.05, 3.63) is 143 Å². The number of hydrogen-bond acceptors (Lipinski definition) is 7. The largest absolute Gasteiger partial charge is 0.493 e. The van der Waals surface area contributed by atoms with E-state index in [9.17, 15) is 13.7 Å². The predicted molar refractivity (Wildman–Crippen MR) is 177 cm³/mol. The molecule has 0 bridgehead atoms. The van der Waals surface area contributed by atoms with Crippen molar-refractivity contribution in [2.45, 2.75) is 26.4 Å². The number of rotatable bonds is 13. The Bertz CT molecular complexity index is 1870. The molecule has 0 fully saturated rings. The van der Waals surface area contributed by atoms with E-state index in [0.29, 0.717) is 42.4 Å². The fourth-order valence-corrected chi connectivity index (χ4v) is 5.51. The number of sulfonamides is 1. The number of ether oxygens (including phenoxy) is 2. The Morgan fingerprint density at radius 1 is 0.822 bits per heavy atom. The normalized spacial score (nSPS) is 11.0. The summed E-state index contributed by atoms with van der Waals surface area (Å²) < 4.78 is 38.7. The molecular weight excluding hydrogens is 584 g/mol. The summed E-state index contributed by atoms with van der Waals surface area (Å²) in [4.78, 5) is 6.33. The number of nitrogens with zero attached hydrogens (tertiary/aromatic N) is 3. The molecule has 45 heavy (non-hydrogen) atoms. The minimum absolute atomic E-state index is 0.534. The highest BCUT2D eigenvalue weighted by Gasteiger charge is 2.15. The fourth-order valence-electron chi connectivity index (χ4n) is 4.89. The van der Waals surface area contributed by atoms with Gasteiger partial charge < -0.3 is 14.4 Å². The molecule has 9 heteroatoms. The molecule has 0 unspecified atom stereocenters. The average molecular weight is 619 g/mol. The summed E-state index contributed by atoms with van der Waals surface area (Å²) in [5.41, 5.74) is 6.04. The Morgan fingerprint density at radius 3 is 2.18 bits per heavy atom. The molecule has 4 aromatic carbocycles. The van der Waals surface area contributed by atoms with Crippen LogP contribution in [0.25, 0.3) is 0 Å². The van der Waals surface area contributed by atoms with Crippen molar-refractivity contribution >= 4 is 21.4 Å². The Kier molecular flexibility index (Phi) is 9.97. The van der Waals surface area contributed by atoms with Crippen molar-refractivity contribution in [1.82, 2.24) is 4.98 Å². The zero-order valence-corrected chi connectivity index (χ0v) is 26.0. The van der Waals surface area contributed by atoms with E-state index in [1.54, 1.807) is 24.4 Å². The zero-order chi connectivity index (χ0) is 31.6. The first-order valence-electron chi connectivity index (χ1n) is 14.5. The molecule has 0 amide bonds. The van der Waals surface area contributed by atoms with Gasteiger partial charge in [-0.3, -0.25) is 9.71 Å². The molecule has 1 aromatic heterocycles. The topological polar surface area (TPSA) is 105 Å². The third-order valence-corrected chi connectivity index (χ3v) is 7.71. The van der Waals surface area contributed by atoms with Crippen LogP contribution >= 0.6 is 0 Å². The van der Waals surface area contributed by atoms with E-state index in [0.717, 1.165) is 46.4 Å². The number of nitriles is 1. The van der Waals surface area contributed by atoms with Gasteiger partial charge in [0.15, 0.2) is 0 Å². The van der Waals surface area contributed by atoms with Crippen molar-refractivity contribution in [3.8, 4) is 23.3 Å². The van der Waals surface area contributed by atoms with Gasteiger partial charge in [-0.05, 0) is 83.8 Å². The molecule has 5 aromatic rings. The molecule has 1 heterocycles. The first-order valence-corrected chi connectivity index (χ1v) is 16.3. The Morgan fingerprint density at radius 2 is 1.51 bits per heavy atom. The van der Waals surface area contributed by atoms with Crippen LogP contribution in [0.5, 0.6) is 17.2 Å². The Balaban J connectivity index is 1.30. The van der Waals surface area contributed by atoms with E-state index in [4.69, 9.17) is 9.47 Å². The molecule has 0 aliphatic rings. The Hall–Kier alpha value is -5.33. The minimum Gasteiger partial charge on any atom is -0.493 e. The first-order chi connectivity index (χ1) is 21.8. The molecule has 8 nitrogen and oxygen atoms in total. The van der Waals surface area contributed by atoms with Crippen LogP contribution < -0.4 is 19.1 Å². The zero-order valence-electron chi connectivity index (χ0n) is 25.2. The second-order valence-electron chi connectivity index (χ2n) is 10.7. The third kappa shape index (κ3) is 9.08. The summed E-state index contributed by atoms with van der Waals surface area (Å²) in [6, 6.07) is 34.6. The average Bonchev–Trinajstić information content (AvgIpc) is 3.03. The van der Waals surface area contributed by atoms with Gasteiger partial charge >= 0.3 is 0 Å². The lowest BCUT2D eigenvalue weighted by molar-refractivity contribution is 0.320. The summed E-state index contributed by atoms with van der Waals surface area (Å²) in [6.45, 7) is 3.56. The summed E-state index contributed by atoms with van der Waals surface area (Å²) in [6.07, 6.45) is 5.50. The number of hydrogen-bond donors (Lipinski definition) is 1. The predicted octanol–water partition coefficient (Wildman–Crippen LogP) is 7.25. The molecule has 0 saturated heterocycles. The molecule has 1 N–H and O–H groups in total. The maximum absolute atomic E-state index is 12.0. The van der Waals surface area contributed by atoms with Gasteiger partial charge in [0.25, 0.3) is 0 Å². The van der Waals surface area contributed by atoms with Gasteiger partial charge in [-0.1, -0.05) is 42.5 Å².